The van der Waals surface area contributed by atoms with Gasteiger partial charge in [0.15, 0.2) is 11.5 Å². The molecule has 2 aliphatic heterocycles. The summed E-state index contributed by atoms with van der Waals surface area (Å²) in [6, 6.07) is 13.2. The quantitative estimate of drug-likeness (QED) is 0.855. The van der Waals surface area contributed by atoms with Crippen molar-refractivity contribution in [1.29, 1.82) is 0 Å². The van der Waals surface area contributed by atoms with Crippen LogP contribution in [0.2, 0.25) is 0 Å². The van der Waals surface area contributed by atoms with Gasteiger partial charge in [0.2, 0.25) is 6.79 Å². The molecule has 0 bridgehead atoms. The van der Waals surface area contributed by atoms with Gasteiger partial charge in [-0.3, -0.25) is 0 Å². The van der Waals surface area contributed by atoms with Crippen LogP contribution in [0.3, 0.4) is 0 Å². The Morgan fingerprint density at radius 2 is 1.86 bits per heavy atom. The predicted octanol–water partition coefficient (Wildman–Crippen LogP) is 3.01. The largest absolute Gasteiger partial charge is 0.454 e. The van der Waals surface area contributed by atoms with Crippen LogP contribution in [0.15, 0.2) is 42.5 Å². The van der Waals surface area contributed by atoms with E-state index < -0.39 is 5.60 Å². The molecule has 0 aromatic heterocycles. The van der Waals surface area contributed by atoms with Crippen molar-refractivity contribution in [3.05, 3.63) is 59.4 Å². The summed E-state index contributed by atoms with van der Waals surface area (Å²) < 4.78 is 24.4. The third-order valence-corrected chi connectivity index (χ3v) is 6.89. The molecule has 5 rings (SSSR count). The van der Waals surface area contributed by atoms with E-state index in [1.54, 1.807) is 0 Å². The van der Waals surface area contributed by atoms with E-state index in [0.29, 0.717) is 0 Å². The summed E-state index contributed by atoms with van der Waals surface area (Å²) in [5.74, 6) is 1.61. The van der Waals surface area contributed by atoms with Gasteiger partial charge in [-0.1, -0.05) is 25.0 Å². The molecule has 4 nitrogen and oxygen atoms in total. The lowest BCUT2D eigenvalue weighted by Crippen LogP contribution is -3.13. The van der Waals surface area contributed by atoms with Crippen LogP contribution in [-0.4, -0.2) is 24.0 Å². The molecule has 2 aromatic rings. The Kier molecular flexibility index (Phi) is 4.52. The molecule has 1 saturated heterocycles. The van der Waals surface area contributed by atoms with E-state index in [1.807, 2.05) is 18.2 Å². The van der Waals surface area contributed by atoms with E-state index in [2.05, 4.69) is 12.1 Å². The molecule has 2 fully saturated rings. The number of benzene rings is 2. The summed E-state index contributed by atoms with van der Waals surface area (Å²) in [5, 5.41) is 11.4. The number of quaternary nitrogens is 1. The van der Waals surface area contributed by atoms with Crippen LogP contribution in [0.4, 0.5) is 4.39 Å². The first-order valence-electron chi connectivity index (χ1n) is 10.3. The number of piperidine rings is 1. The van der Waals surface area contributed by atoms with Gasteiger partial charge in [-0.25, -0.2) is 4.39 Å². The van der Waals surface area contributed by atoms with Crippen molar-refractivity contribution in [3.63, 3.8) is 0 Å². The molecule has 0 spiro atoms. The summed E-state index contributed by atoms with van der Waals surface area (Å²) in [6.07, 6.45) is 5.03. The van der Waals surface area contributed by atoms with Crippen LogP contribution in [0.1, 0.15) is 49.3 Å². The molecule has 1 saturated carbocycles. The van der Waals surface area contributed by atoms with E-state index in [1.165, 1.54) is 22.6 Å². The van der Waals surface area contributed by atoms with E-state index in [0.717, 1.165) is 62.3 Å². The standard InChI is InChI=1S/C23H26FNO3/c24-18-7-4-16(5-8-18)14-25-12-11-23(26)10-2-1-3-19(23)22(25)17-6-9-20-21(13-17)28-15-27-20/h4-9,13,19,22,26H,1-3,10-12,14-15H2/p+1/t19-,22+,23-/m1/s1. The van der Waals surface area contributed by atoms with Crippen LogP contribution in [-0.2, 0) is 6.54 Å². The molecule has 2 N–H and O–H groups in total. The number of hydrogen-bond donors (Lipinski definition) is 2. The number of nitrogens with one attached hydrogen (secondary N) is 1. The van der Waals surface area contributed by atoms with Gasteiger partial charge in [-0.15, -0.1) is 0 Å². The van der Waals surface area contributed by atoms with Gasteiger partial charge in [-0.05, 0) is 43.2 Å². The second-order valence-electron chi connectivity index (χ2n) is 8.51. The van der Waals surface area contributed by atoms with Crippen LogP contribution in [0.25, 0.3) is 0 Å². The van der Waals surface area contributed by atoms with Gasteiger partial charge in [0.1, 0.15) is 18.4 Å². The minimum absolute atomic E-state index is 0.193. The van der Waals surface area contributed by atoms with Crippen molar-refractivity contribution in [2.45, 2.75) is 50.3 Å². The zero-order valence-electron chi connectivity index (χ0n) is 16.0. The summed E-state index contributed by atoms with van der Waals surface area (Å²) >= 11 is 0. The molecule has 0 amide bonds. The molecular formula is C23H27FNO3+. The normalized spacial score (nSPS) is 31.4. The van der Waals surface area contributed by atoms with Crippen molar-refractivity contribution in [2.24, 2.45) is 5.92 Å². The molecule has 1 aliphatic carbocycles. The van der Waals surface area contributed by atoms with Crippen LogP contribution < -0.4 is 14.4 Å². The number of hydrogen-bond acceptors (Lipinski definition) is 3. The van der Waals surface area contributed by atoms with Crippen molar-refractivity contribution in [3.8, 4) is 11.5 Å². The van der Waals surface area contributed by atoms with Gasteiger partial charge in [0.05, 0.1) is 12.1 Å². The monoisotopic (exact) mass is 384 g/mol. The van der Waals surface area contributed by atoms with Gasteiger partial charge in [-0.2, -0.15) is 0 Å². The molecular weight excluding hydrogens is 357 g/mol. The maximum absolute atomic E-state index is 13.3. The highest BCUT2D eigenvalue weighted by Crippen LogP contribution is 2.45. The van der Waals surface area contributed by atoms with Gasteiger partial charge in [0.25, 0.3) is 0 Å². The van der Waals surface area contributed by atoms with E-state index >= 15 is 0 Å². The van der Waals surface area contributed by atoms with E-state index in [4.69, 9.17) is 9.47 Å². The zero-order chi connectivity index (χ0) is 19.1. The van der Waals surface area contributed by atoms with Crippen LogP contribution >= 0.6 is 0 Å². The topological polar surface area (TPSA) is 43.1 Å². The van der Waals surface area contributed by atoms with Gasteiger partial charge < -0.3 is 19.5 Å². The van der Waals surface area contributed by atoms with Gasteiger partial charge >= 0.3 is 0 Å². The average Bonchev–Trinajstić information content (AvgIpc) is 3.17. The summed E-state index contributed by atoms with van der Waals surface area (Å²) in [4.78, 5) is 1.43. The Balaban J connectivity index is 1.50. The Bertz CT molecular complexity index is 855. The number of halogens is 1. The minimum atomic E-state index is -0.578. The first-order chi connectivity index (χ1) is 13.6. The molecule has 4 atom stereocenters. The maximum Gasteiger partial charge on any atom is 0.231 e. The SMILES string of the molecule is O[C@@]12CCCC[C@@H]1[C@H](c1ccc3c(c1)OCO3)[NH+](Cc1ccc(F)cc1)CC2. The van der Waals surface area contributed by atoms with Crippen molar-refractivity contribution >= 4 is 0 Å². The Morgan fingerprint density at radius 1 is 1.04 bits per heavy atom. The lowest BCUT2D eigenvalue weighted by atomic mass is 9.66. The lowest BCUT2D eigenvalue weighted by Gasteiger charge is -2.50. The third kappa shape index (κ3) is 3.16. The molecule has 5 heteroatoms. The average molecular weight is 384 g/mol. The number of rotatable bonds is 3. The molecule has 2 aromatic carbocycles. The van der Waals surface area contributed by atoms with Crippen LogP contribution in [0.5, 0.6) is 11.5 Å². The second kappa shape index (κ2) is 7.05. The second-order valence-corrected chi connectivity index (χ2v) is 8.51. The summed E-state index contributed by atoms with van der Waals surface area (Å²) in [7, 11) is 0. The van der Waals surface area contributed by atoms with Crippen molar-refractivity contribution in [2.75, 3.05) is 13.3 Å². The highest BCUT2D eigenvalue weighted by atomic mass is 19.1. The Labute approximate surface area is 164 Å². The van der Waals surface area contributed by atoms with Crippen molar-refractivity contribution in [1.82, 2.24) is 0 Å². The van der Waals surface area contributed by atoms with Crippen molar-refractivity contribution < 1.29 is 23.9 Å². The molecule has 0 radical (unpaired) electrons. The molecule has 148 valence electrons. The van der Waals surface area contributed by atoms with E-state index in [-0.39, 0.29) is 24.6 Å². The lowest BCUT2D eigenvalue weighted by molar-refractivity contribution is -0.958. The molecule has 28 heavy (non-hydrogen) atoms. The first kappa shape index (κ1) is 18.0. The number of aliphatic hydroxyl groups is 1. The maximum atomic E-state index is 13.3. The first-order valence-corrected chi connectivity index (χ1v) is 10.3. The fourth-order valence-electron chi connectivity index (χ4n) is 5.49. The Morgan fingerprint density at radius 3 is 2.71 bits per heavy atom. The minimum Gasteiger partial charge on any atom is -0.454 e. The molecule has 2 heterocycles. The molecule has 1 unspecified atom stereocenters. The van der Waals surface area contributed by atoms with E-state index in [9.17, 15) is 9.50 Å². The number of fused-ring (bicyclic) bond motifs is 2. The van der Waals surface area contributed by atoms with Gasteiger partial charge in [0, 0.05) is 23.5 Å². The third-order valence-electron chi connectivity index (χ3n) is 6.89. The summed E-state index contributed by atoms with van der Waals surface area (Å²) in [5.41, 5.74) is 1.75. The van der Waals surface area contributed by atoms with Crippen LogP contribution in [0, 0.1) is 11.7 Å². The number of ether oxygens (including phenoxy) is 2. The smallest absolute Gasteiger partial charge is 0.231 e. The highest BCUT2D eigenvalue weighted by molar-refractivity contribution is 5.45. The summed E-state index contributed by atoms with van der Waals surface area (Å²) in [6.45, 7) is 2.00. The molecule has 3 aliphatic rings. The number of likely N-dealkylation sites (tertiary alicyclic amines) is 1. The highest BCUT2D eigenvalue weighted by Gasteiger charge is 2.51. The fourth-order valence-corrected chi connectivity index (χ4v) is 5.49. The fraction of sp³-hybridized carbons (Fsp3) is 0.478. The predicted molar refractivity (Wildman–Crippen MR) is 103 cm³/mol. The zero-order valence-corrected chi connectivity index (χ0v) is 16.0. The Hall–Kier alpha value is -2.11.